The molecule has 2 rings (SSSR count). The molecule has 1 aliphatic heterocycles. The predicted octanol–water partition coefficient (Wildman–Crippen LogP) is 2.80. The summed E-state index contributed by atoms with van der Waals surface area (Å²) in [7, 11) is -3.39. The number of piperazine rings is 1. The van der Waals surface area contributed by atoms with Crippen molar-refractivity contribution in [1.82, 2.24) is 4.90 Å². The zero-order valence-corrected chi connectivity index (χ0v) is 15.9. The van der Waals surface area contributed by atoms with Crippen LogP contribution in [0.15, 0.2) is 23.1 Å². The number of carbonyl (C=O) groups is 1. The zero-order chi connectivity index (χ0) is 18.1. The van der Waals surface area contributed by atoms with E-state index in [9.17, 15) is 13.2 Å². The lowest BCUT2D eigenvalue weighted by Gasteiger charge is -2.37. The van der Waals surface area contributed by atoms with Gasteiger partial charge in [-0.2, -0.15) is 0 Å². The first-order valence-corrected chi connectivity index (χ1v) is 9.97. The third-order valence-electron chi connectivity index (χ3n) is 3.59. The molecule has 1 fully saturated rings. The monoisotopic (exact) mass is 374 g/mol. The van der Waals surface area contributed by atoms with Crippen LogP contribution in [0.2, 0.25) is 5.02 Å². The summed E-state index contributed by atoms with van der Waals surface area (Å²) in [4.78, 5) is 15.9. The van der Waals surface area contributed by atoms with Crippen molar-refractivity contribution in [2.45, 2.75) is 31.3 Å². The second-order valence-electron chi connectivity index (χ2n) is 6.84. The van der Waals surface area contributed by atoms with Crippen LogP contribution in [0.5, 0.6) is 0 Å². The maximum absolute atomic E-state index is 12.1. The van der Waals surface area contributed by atoms with Crippen LogP contribution in [0, 0.1) is 0 Å². The Balaban J connectivity index is 2.12. The molecule has 0 aromatic heterocycles. The molecule has 0 N–H and O–H groups in total. The van der Waals surface area contributed by atoms with Crippen LogP contribution in [0.4, 0.5) is 10.5 Å². The number of ether oxygens (including phenoxy) is 1. The molecule has 0 atom stereocenters. The van der Waals surface area contributed by atoms with E-state index in [1.54, 1.807) is 17.0 Å². The fourth-order valence-electron chi connectivity index (χ4n) is 2.50. The predicted molar refractivity (Wildman–Crippen MR) is 94.6 cm³/mol. The van der Waals surface area contributed by atoms with E-state index < -0.39 is 15.4 Å². The Morgan fingerprint density at radius 1 is 1.17 bits per heavy atom. The van der Waals surface area contributed by atoms with Gasteiger partial charge in [0.25, 0.3) is 0 Å². The minimum absolute atomic E-state index is 0.209. The topological polar surface area (TPSA) is 66.9 Å². The molecule has 0 unspecified atom stereocenters. The molecule has 0 saturated carbocycles. The highest BCUT2D eigenvalue weighted by molar-refractivity contribution is 7.90. The van der Waals surface area contributed by atoms with Crippen LogP contribution in [0.1, 0.15) is 20.8 Å². The van der Waals surface area contributed by atoms with Crippen LogP contribution in [0.3, 0.4) is 0 Å². The van der Waals surface area contributed by atoms with Gasteiger partial charge in [-0.25, -0.2) is 13.2 Å². The molecule has 1 aromatic rings. The fraction of sp³-hybridized carbons (Fsp3) is 0.562. The third kappa shape index (κ3) is 4.77. The number of hydrogen-bond acceptors (Lipinski definition) is 5. The second kappa shape index (κ2) is 6.80. The highest BCUT2D eigenvalue weighted by atomic mass is 35.5. The Hall–Kier alpha value is -1.47. The molecular weight excluding hydrogens is 352 g/mol. The maximum Gasteiger partial charge on any atom is 0.410 e. The molecule has 24 heavy (non-hydrogen) atoms. The highest BCUT2D eigenvalue weighted by Gasteiger charge is 2.27. The number of nitrogens with zero attached hydrogens (tertiary/aromatic N) is 2. The molecule has 1 saturated heterocycles. The molecule has 1 aliphatic rings. The van der Waals surface area contributed by atoms with E-state index in [4.69, 9.17) is 16.3 Å². The summed E-state index contributed by atoms with van der Waals surface area (Å²) in [5, 5.41) is 0.381. The largest absolute Gasteiger partial charge is 0.444 e. The molecule has 134 valence electrons. The standard InChI is InChI=1S/C16H23ClN2O4S/c1-16(2,3)23-15(20)19-9-7-18(8-10-19)13-6-5-12(17)11-14(13)24(4,21)22/h5-6,11H,7-10H2,1-4H3. The first-order chi connectivity index (χ1) is 11.0. The van der Waals surface area contributed by atoms with Gasteiger partial charge in [0.1, 0.15) is 5.60 Å². The lowest BCUT2D eigenvalue weighted by Crippen LogP contribution is -2.50. The minimum atomic E-state index is -3.39. The van der Waals surface area contributed by atoms with E-state index >= 15 is 0 Å². The van der Waals surface area contributed by atoms with E-state index in [0.717, 1.165) is 0 Å². The smallest absolute Gasteiger partial charge is 0.410 e. The van der Waals surface area contributed by atoms with Crippen LogP contribution in [-0.4, -0.2) is 57.4 Å². The number of sulfone groups is 1. The number of carbonyl (C=O) groups excluding carboxylic acids is 1. The van der Waals surface area contributed by atoms with Gasteiger partial charge in [0.15, 0.2) is 9.84 Å². The Kier molecular flexibility index (Phi) is 5.34. The fourth-order valence-corrected chi connectivity index (χ4v) is 3.66. The lowest BCUT2D eigenvalue weighted by atomic mass is 10.2. The Morgan fingerprint density at radius 3 is 2.25 bits per heavy atom. The summed E-state index contributed by atoms with van der Waals surface area (Å²) in [6.45, 7) is 7.49. The summed E-state index contributed by atoms with van der Waals surface area (Å²) in [6, 6.07) is 4.85. The number of anilines is 1. The second-order valence-corrected chi connectivity index (χ2v) is 9.26. The summed E-state index contributed by atoms with van der Waals surface area (Å²) in [5.41, 5.74) is 0.0826. The summed E-state index contributed by atoms with van der Waals surface area (Å²) in [6.07, 6.45) is 0.820. The number of halogens is 1. The molecule has 0 spiro atoms. The lowest BCUT2D eigenvalue weighted by molar-refractivity contribution is 0.0240. The minimum Gasteiger partial charge on any atom is -0.444 e. The normalized spacial score (nSPS) is 16.2. The molecular formula is C16H23ClN2O4S. The van der Waals surface area contributed by atoms with Gasteiger partial charge in [-0.1, -0.05) is 11.6 Å². The van der Waals surface area contributed by atoms with Crippen LogP contribution in [-0.2, 0) is 14.6 Å². The Labute approximate surface area is 148 Å². The molecule has 6 nitrogen and oxygen atoms in total. The van der Waals surface area contributed by atoms with Crippen LogP contribution < -0.4 is 4.90 Å². The van der Waals surface area contributed by atoms with Gasteiger partial charge in [-0.05, 0) is 39.0 Å². The van der Waals surface area contributed by atoms with Crippen molar-refractivity contribution in [2.75, 3.05) is 37.3 Å². The third-order valence-corrected chi connectivity index (χ3v) is 4.95. The summed E-state index contributed by atoms with van der Waals surface area (Å²) < 4.78 is 29.4. The average Bonchev–Trinajstić information content (AvgIpc) is 2.44. The molecule has 1 aromatic carbocycles. The zero-order valence-electron chi connectivity index (χ0n) is 14.4. The van der Waals surface area contributed by atoms with Crippen LogP contribution >= 0.6 is 11.6 Å². The number of rotatable bonds is 2. The van der Waals surface area contributed by atoms with Gasteiger partial charge in [-0.3, -0.25) is 0 Å². The van der Waals surface area contributed by atoms with Gasteiger partial charge in [0, 0.05) is 37.5 Å². The van der Waals surface area contributed by atoms with Gasteiger partial charge < -0.3 is 14.5 Å². The molecule has 8 heteroatoms. The first-order valence-electron chi connectivity index (χ1n) is 7.70. The van der Waals surface area contributed by atoms with Crippen LogP contribution in [0.25, 0.3) is 0 Å². The molecule has 1 heterocycles. The number of hydrogen-bond donors (Lipinski definition) is 0. The van der Waals surface area contributed by atoms with Gasteiger partial charge in [0.2, 0.25) is 0 Å². The van der Waals surface area contributed by atoms with Crippen molar-refractivity contribution in [3.05, 3.63) is 23.2 Å². The van der Waals surface area contributed by atoms with Gasteiger partial charge in [-0.15, -0.1) is 0 Å². The van der Waals surface area contributed by atoms with E-state index in [2.05, 4.69) is 0 Å². The quantitative estimate of drug-likeness (QED) is 0.796. The molecule has 0 aliphatic carbocycles. The Bertz CT molecular complexity index is 720. The first kappa shape index (κ1) is 18.9. The number of benzene rings is 1. The van der Waals surface area contributed by atoms with Crippen molar-refractivity contribution in [1.29, 1.82) is 0 Å². The molecule has 0 radical (unpaired) electrons. The maximum atomic E-state index is 12.1. The van der Waals surface area contributed by atoms with E-state index in [0.29, 0.717) is 36.9 Å². The van der Waals surface area contributed by atoms with Crippen molar-refractivity contribution in [3.63, 3.8) is 0 Å². The van der Waals surface area contributed by atoms with Crippen molar-refractivity contribution < 1.29 is 17.9 Å². The number of amides is 1. The van der Waals surface area contributed by atoms with Crippen molar-refractivity contribution in [2.24, 2.45) is 0 Å². The van der Waals surface area contributed by atoms with E-state index in [1.807, 2.05) is 25.7 Å². The SMILES string of the molecule is CC(C)(C)OC(=O)N1CCN(c2ccc(Cl)cc2S(C)(=O)=O)CC1. The van der Waals surface area contributed by atoms with E-state index in [-0.39, 0.29) is 11.0 Å². The summed E-state index contributed by atoms with van der Waals surface area (Å²) in [5.74, 6) is 0. The summed E-state index contributed by atoms with van der Waals surface area (Å²) >= 11 is 5.94. The van der Waals surface area contributed by atoms with Gasteiger partial charge >= 0.3 is 6.09 Å². The van der Waals surface area contributed by atoms with Crippen molar-refractivity contribution >= 4 is 33.2 Å². The van der Waals surface area contributed by atoms with Crippen molar-refractivity contribution in [3.8, 4) is 0 Å². The highest BCUT2D eigenvalue weighted by Crippen LogP contribution is 2.29. The van der Waals surface area contributed by atoms with Gasteiger partial charge in [0.05, 0.1) is 10.6 Å². The van der Waals surface area contributed by atoms with E-state index in [1.165, 1.54) is 12.3 Å². The average molecular weight is 375 g/mol. The Morgan fingerprint density at radius 2 is 1.75 bits per heavy atom. The molecule has 1 amide bonds. The molecule has 0 bridgehead atoms.